The van der Waals surface area contributed by atoms with Crippen molar-refractivity contribution in [2.24, 2.45) is 0 Å². The minimum absolute atomic E-state index is 0.0466. The summed E-state index contributed by atoms with van der Waals surface area (Å²) in [4.78, 5) is 34.6. The number of pyridine rings is 2. The first-order valence-electron chi connectivity index (χ1n) is 9.72. The monoisotopic (exact) mass is 461 g/mol. The number of halogens is 3. The summed E-state index contributed by atoms with van der Waals surface area (Å²) in [5, 5.41) is 13.1. The lowest BCUT2D eigenvalue weighted by molar-refractivity contribution is -0.142. The van der Waals surface area contributed by atoms with Crippen LogP contribution in [0.5, 0.6) is 5.88 Å². The number of aromatic carboxylic acids is 1. The van der Waals surface area contributed by atoms with Gasteiger partial charge in [0.25, 0.3) is 5.91 Å². The lowest BCUT2D eigenvalue weighted by atomic mass is 10.0. The van der Waals surface area contributed by atoms with Gasteiger partial charge < -0.3 is 9.84 Å². The van der Waals surface area contributed by atoms with E-state index in [9.17, 15) is 27.9 Å². The lowest BCUT2D eigenvalue weighted by Gasteiger charge is -2.19. The number of nitrogens with zero attached hydrogens (tertiary/aromatic N) is 5. The van der Waals surface area contributed by atoms with Crippen LogP contribution in [0.1, 0.15) is 44.9 Å². The molecular formula is C21H18F3N5O4. The van der Waals surface area contributed by atoms with Gasteiger partial charge in [0.2, 0.25) is 5.88 Å². The van der Waals surface area contributed by atoms with Crippen molar-refractivity contribution >= 4 is 17.6 Å². The van der Waals surface area contributed by atoms with Gasteiger partial charge in [-0.15, -0.1) is 0 Å². The van der Waals surface area contributed by atoms with Crippen LogP contribution >= 0.6 is 0 Å². The molecule has 12 heteroatoms. The van der Waals surface area contributed by atoms with Crippen molar-refractivity contribution in [3.05, 3.63) is 53.1 Å². The molecule has 3 aromatic rings. The van der Waals surface area contributed by atoms with Crippen molar-refractivity contribution in [2.45, 2.75) is 32.6 Å². The number of hydrogen-bond donors (Lipinski definition) is 1. The second kappa shape index (κ2) is 7.87. The Morgan fingerprint density at radius 1 is 1.27 bits per heavy atom. The van der Waals surface area contributed by atoms with E-state index < -0.39 is 30.6 Å². The number of alkyl halides is 3. The summed E-state index contributed by atoms with van der Waals surface area (Å²) in [5.74, 6) is -1.67. The Kier molecular flexibility index (Phi) is 5.30. The highest BCUT2D eigenvalue weighted by molar-refractivity contribution is 6.11. The summed E-state index contributed by atoms with van der Waals surface area (Å²) in [7, 11) is 1.31. The molecule has 33 heavy (non-hydrogen) atoms. The van der Waals surface area contributed by atoms with E-state index in [0.29, 0.717) is 28.1 Å². The first kappa shape index (κ1) is 22.2. The Hall–Kier alpha value is -3.96. The molecule has 3 aromatic heterocycles. The zero-order chi connectivity index (χ0) is 24.1. The molecule has 1 N–H and O–H groups in total. The first-order chi connectivity index (χ1) is 15.5. The summed E-state index contributed by atoms with van der Waals surface area (Å²) in [6, 6.07) is 2.43. The van der Waals surface area contributed by atoms with Gasteiger partial charge in [-0.1, -0.05) is 0 Å². The molecule has 172 valence electrons. The van der Waals surface area contributed by atoms with E-state index in [2.05, 4.69) is 15.1 Å². The Labute approximate surface area is 185 Å². The minimum atomic E-state index is -4.44. The number of carbonyl (C=O) groups excluding carboxylic acids is 1. The third-order valence-corrected chi connectivity index (χ3v) is 5.27. The SMILES string of the molecule is COc1ncc(-c2cc(C)c3c(n2)C(C)N(c2cnn(CC(F)(F)F)c2)C3=O)cc1C(=O)O. The van der Waals surface area contributed by atoms with Crippen LogP contribution in [-0.4, -0.2) is 50.0 Å². The van der Waals surface area contributed by atoms with Gasteiger partial charge in [0.15, 0.2) is 0 Å². The van der Waals surface area contributed by atoms with Gasteiger partial charge in [0.1, 0.15) is 12.1 Å². The van der Waals surface area contributed by atoms with Gasteiger partial charge in [-0.2, -0.15) is 18.3 Å². The lowest BCUT2D eigenvalue weighted by Crippen LogP contribution is -2.26. The molecule has 0 aromatic carbocycles. The van der Waals surface area contributed by atoms with Gasteiger partial charge in [-0.05, 0) is 31.5 Å². The molecule has 1 aliphatic heterocycles. The van der Waals surface area contributed by atoms with Crippen LogP contribution in [-0.2, 0) is 6.54 Å². The van der Waals surface area contributed by atoms with Crippen LogP contribution in [0.3, 0.4) is 0 Å². The fourth-order valence-corrected chi connectivity index (χ4v) is 3.84. The van der Waals surface area contributed by atoms with Crippen molar-refractivity contribution in [1.29, 1.82) is 0 Å². The van der Waals surface area contributed by atoms with Crippen LogP contribution < -0.4 is 9.64 Å². The molecule has 9 nitrogen and oxygen atoms in total. The van der Waals surface area contributed by atoms with Crippen LogP contribution in [0, 0.1) is 6.92 Å². The standard InChI is InChI=1S/C21H18F3N5O4/c1-10-4-15(12-5-14(20(31)32)18(33-3)25-6-12)27-17-11(2)29(19(30)16(10)17)13-7-26-28(8-13)9-21(22,23)24/h4-8,11H,9H2,1-3H3,(H,31,32). The fourth-order valence-electron chi connectivity index (χ4n) is 3.84. The molecule has 0 fully saturated rings. The highest BCUT2D eigenvalue weighted by Crippen LogP contribution is 2.39. The Balaban J connectivity index is 1.73. The summed E-state index contributed by atoms with van der Waals surface area (Å²) in [6.45, 7) is 2.14. The Morgan fingerprint density at radius 3 is 2.64 bits per heavy atom. The number of fused-ring (bicyclic) bond motifs is 1. The highest BCUT2D eigenvalue weighted by atomic mass is 19.4. The maximum Gasteiger partial charge on any atom is 0.408 e. The van der Waals surface area contributed by atoms with Crippen LogP contribution in [0.15, 0.2) is 30.7 Å². The molecular weight excluding hydrogens is 443 g/mol. The van der Waals surface area contributed by atoms with Gasteiger partial charge in [0.05, 0.1) is 42.0 Å². The Morgan fingerprint density at radius 2 is 2.00 bits per heavy atom. The minimum Gasteiger partial charge on any atom is -0.480 e. The topological polar surface area (TPSA) is 110 Å². The quantitative estimate of drug-likeness (QED) is 0.618. The molecule has 1 aliphatic rings. The number of ether oxygens (including phenoxy) is 1. The number of carbonyl (C=O) groups is 2. The predicted molar refractivity (Wildman–Crippen MR) is 109 cm³/mol. The van der Waals surface area contributed by atoms with Crippen molar-refractivity contribution in [3.8, 4) is 17.1 Å². The third-order valence-electron chi connectivity index (χ3n) is 5.27. The second-order valence-corrected chi connectivity index (χ2v) is 7.53. The van der Waals surface area contributed by atoms with E-state index in [1.807, 2.05) is 0 Å². The fraction of sp³-hybridized carbons (Fsp3) is 0.286. The van der Waals surface area contributed by atoms with Crippen LogP contribution in [0.25, 0.3) is 11.3 Å². The molecule has 1 amide bonds. The molecule has 1 atom stereocenters. The maximum absolute atomic E-state index is 13.1. The van der Waals surface area contributed by atoms with E-state index in [4.69, 9.17) is 4.74 Å². The predicted octanol–water partition coefficient (Wildman–Crippen LogP) is 3.64. The van der Waals surface area contributed by atoms with E-state index in [0.717, 1.165) is 10.9 Å². The maximum atomic E-state index is 13.1. The number of aryl methyl sites for hydroxylation is 1. The van der Waals surface area contributed by atoms with Crippen LogP contribution in [0.2, 0.25) is 0 Å². The van der Waals surface area contributed by atoms with E-state index in [1.54, 1.807) is 19.9 Å². The summed E-state index contributed by atoms with van der Waals surface area (Å²) < 4.78 is 43.7. The van der Waals surface area contributed by atoms with Gasteiger partial charge in [-0.25, -0.2) is 14.8 Å². The zero-order valence-electron chi connectivity index (χ0n) is 17.7. The summed E-state index contributed by atoms with van der Waals surface area (Å²) in [5.41, 5.74) is 2.24. The summed E-state index contributed by atoms with van der Waals surface area (Å²) in [6.07, 6.45) is -0.660. The third kappa shape index (κ3) is 3.99. The molecule has 1 unspecified atom stereocenters. The molecule has 4 heterocycles. The van der Waals surface area contributed by atoms with Crippen LogP contribution in [0.4, 0.5) is 18.9 Å². The number of methoxy groups -OCH3 is 1. The molecule has 0 radical (unpaired) electrons. The first-order valence-corrected chi connectivity index (χ1v) is 9.72. The number of carboxylic acids is 1. The van der Waals surface area contributed by atoms with Gasteiger partial charge in [-0.3, -0.25) is 14.4 Å². The second-order valence-electron chi connectivity index (χ2n) is 7.53. The summed E-state index contributed by atoms with van der Waals surface area (Å²) >= 11 is 0. The van der Waals surface area contributed by atoms with Crippen molar-refractivity contribution in [3.63, 3.8) is 0 Å². The zero-order valence-corrected chi connectivity index (χ0v) is 17.7. The molecule has 0 bridgehead atoms. The highest BCUT2D eigenvalue weighted by Gasteiger charge is 2.39. The van der Waals surface area contributed by atoms with Crippen molar-refractivity contribution in [1.82, 2.24) is 19.7 Å². The Bertz CT molecular complexity index is 1270. The number of anilines is 1. The smallest absolute Gasteiger partial charge is 0.408 e. The van der Waals surface area contributed by atoms with Gasteiger partial charge >= 0.3 is 12.1 Å². The molecule has 0 spiro atoms. The normalized spacial score (nSPS) is 15.6. The van der Waals surface area contributed by atoms with Crippen molar-refractivity contribution < 1.29 is 32.6 Å². The average molecular weight is 461 g/mol. The van der Waals surface area contributed by atoms with E-state index >= 15 is 0 Å². The van der Waals surface area contributed by atoms with Gasteiger partial charge in [0, 0.05) is 18.0 Å². The van der Waals surface area contributed by atoms with Crippen molar-refractivity contribution in [2.75, 3.05) is 12.0 Å². The van der Waals surface area contributed by atoms with E-state index in [1.165, 1.54) is 30.5 Å². The number of hydrogen-bond acceptors (Lipinski definition) is 6. The number of carboxylic acid groups (broad SMARTS) is 1. The average Bonchev–Trinajstić information content (AvgIpc) is 3.28. The van der Waals surface area contributed by atoms with E-state index in [-0.39, 0.29) is 17.1 Å². The number of amides is 1. The molecule has 4 rings (SSSR count). The molecule has 0 saturated heterocycles. The molecule has 0 saturated carbocycles. The number of rotatable bonds is 5. The molecule has 0 aliphatic carbocycles. The largest absolute Gasteiger partial charge is 0.480 e. The number of aromatic nitrogens is 4.